The van der Waals surface area contributed by atoms with Crippen molar-refractivity contribution in [1.29, 1.82) is 0 Å². The minimum atomic E-state index is 0.566. The zero-order valence-corrected chi connectivity index (χ0v) is 12.1. The van der Waals surface area contributed by atoms with Crippen molar-refractivity contribution in [3.05, 3.63) is 35.4 Å². The van der Waals surface area contributed by atoms with Gasteiger partial charge in [-0.3, -0.25) is 0 Å². The van der Waals surface area contributed by atoms with Gasteiger partial charge in [-0.05, 0) is 68.2 Å². The van der Waals surface area contributed by atoms with Crippen LogP contribution < -0.4 is 5.32 Å². The molecule has 0 unspecified atom stereocenters. The molecule has 100 valence electrons. The van der Waals surface area contributed by atoms with Gasteiger partial charge in [-0.1, -0.05) is 38.1 Å². The number of benzene rings is 1. The summed E-state index contributed by atoms with van der Waals surface area (Å²) >= 11 is 0. The second-order valence-electron chi connectivity index (χ2n) is 6.49. The van der Waals surface area contributed by atoms with Crippen LogP contribution in [0.1, 0.15) is 56.6 Å². The maximum absolute atomic E-state index is 3.26. The van der Waals surface area contributed by atoms with Crippen molar-refractivity contribution < 1.29 is 0 Å². The van der Waals surface area contributed by atoms with E-state index in [0.29, 0.717) is 5.41 Å². The van der Waals surface area contributed by atoms with Crippen molar-refractivity contribution in [3.63, 3.8) is 0 Å². The van der Waals surface area contributed by atoms with Crippen LogP contribution in [-0.4, -0.2) is 13.6 Å². The molecule has 1 N–H and O–H groups in total. The van der Waals surface area contributed by atoms with Crippen LogP contribution in [0.5, 0.6) is 0 Å². The van der Waals surface area contributed by atoms with Gasteiger partial charge >= 0.3 is 0 Å². The van der Waals surface area contributed by atoms with Crippen molar-refractivity contribution in [2.75, 3.05) is 13.6 Å². The molecule has 0 amide bonds. The van der Waals surface area contributed by atoms with Crippen LogP contribution in [-0.2, 0) is 6.42 Å². The first-order chi connectivity index (χ1) is 8.62. The highest BCUT2D eigenvalue weighted by Crippen LogP contribution is 2.43. The van der Waals surface area contributed by atoms with Crippen molar-refractivity contribution in [2.45, 2.75) is 51.9 Å². The zero-order valence-electron chi connectivity index (χ0n) is 12.1. The first-order valence-electron chi connectivity index (χ1n) is 7.35. The second-order valence-corrected chi connectivity index (χ2v) is 6.49. The molecule has 0 heterocycles. The van der Waals surface area contributed by atoms with E-state index in [9.17, 15) is 0 Å². The SMILES string of the molecule is CNCCc1ccccc1C1CCC(C)(C)CC1. The fraction of sp³-hybridized carbons (Fsp3) is 0.647. The molecule has 0 aliphatic heterocycles. The van der Waals surface area contributed by atoms with Gasteiger partial charge in [0.25, 0.3) is 0 Å². The third-order valence-corrected chi connectivity index (χ3v) is 4.48. The molecule has 0 atom stereocenters. The van der Waals surface area contributed by atoms with E-state index in [4.69, 9.17) is 0 Å². The van der Waals surface area contributed by atoms with E-state index in [1.54, 1.807) is 11.1 Å². The summed E-state index contributed by atoms with van der Waals surface area (Å²) in [4.78, 5) is 0. The quantitative estimate of drug-likeness (QED) is 0.841. The molecule has 1 aliphatic carbocycles. The number of hydrogen-bond donors (Lipinski definition) is 1. The van der Waals surface area contributed by atoms with Crippen LogP contribution in [0.3, 0.4) is 0 Å². The van der Waals surface area contributed by atoms with Gasteiger partial charge in [-0.2, -0.15) is 0 Å². The Morgan fingerprint density at radius 2 is 1.83 bits per heavy atom. The lowest BCUT2D eigenvalue weighted by atomic mass is 9.70. The van der Waals surface area contributed by atoms with Crippen molar-refractivity contribution in [2.24, 2.45) is 5.41 Å². The standard InChI is InChI=1S/C17H27N/c1-17(2)11-8-15(9-12-17)16-7-5-4-6-14(16)10-13-18-3/h4-7,15,18H,8-13H2,1-3H3. The fourth-order valence-corrected chi connectivity index (χ4v) is 3.13. The first kappa shape index (κ1) is 13.6. The van der Waals surface area contributed by atoms with Gasteiger partial charge in [0.15, 0.2) is 0 Å². The highest BCUT2D eigenvalue weighted by molar-refractivity contribution is 5.31. The molecule has 1 aliphatic rings. The number of hydrogen-bond acceptors (Lipinski definition) is 1. The Morgan fingerprint density at radius 1 is 1.17 bits per heavy atom. The van der Waals surface area contributed by atoms with Crippen LogP contribution in [0.2, 0.25) is 0 Å². The number of nitrogens with one attached hydrogen (secondary N) is 1. The van der Waals surface area contributed by atoms with E-state index in [1.165, 1.54) is 25.7 Å². The van der Waals surface area contributed by atoms with Crippen LogP contribution in [0.4, 0.5) is 0 Å². The Morgan fingerprint density at radius 3 is 2.50 bits per heavy atom. The van der Waals surface area contributed by atoms with E-state index in [1.807, 2.05) is 7.05 Å². The Bertz CT molecular complexity index is 371. The second kappa shape index (κ2) is 5.88. The molecule has 1 heteroatoms. The Hall–Kier alpha value is -0.820. The summed E-state index contributed by atoms with van der Waals surface area (Å²) in [5, 5.41) is 3.26. The molecule has 18 heavy (non-hydrogen) atoms. The number of likely N-dealkylation sites (N-methyl/N-ethyl adjacent to an activating group) is 1. The summed E-state index contributed by atoms with van der Waals surface area (Å²) < 4.78 is 0. The molecular weight excluding hydrogens is 218 g/mol. The molecule has 0 spiro atoms. The van der Waals surface area contributed by atoms with Crippen molar-refractivity contribution >= 4 is 0 Å². The highest BCUT2D eigenvalue weighted by Gasteiger charge is 2.28. The van der Waals surface area contributed by atoms with E-state index in [0.717, 1.165) is 18.9 Å². The van der Waals surface area contributed by atoms with Crippen LogP contribution in [0.25, 0.3) is 0 Å². The minimum absolute atomic E-state index is 0.566. The Labute approximate surface area is 112 Å². The van der Waals surface area contributed by atoms with Gasteiger partial charge in [0.05, 0.1) is 0 Å². The largest absolute Gasteiger partial charge is 0.319 e. The molecule has 0 bridgehead atoms. The van der Waals surface area contributed by atoms with Crippen molar-refractivity contribution in [1.82, 2.24) is 5.32 Å². The molecule has 1 nitrogen and oxygen atoms in total. The average Bonchev–Trinajstić information content (AvgIpc) is 2.37. The predicted molar refractivity (Wildman–Crippen MR) is 79.1 cm³/mol. The number of rotatable bonds is 4. The smallest absolute Gasteiger partial charge is 0.00113 e. The van der Waals surface area contributed by atoms with Gasteiger partial charge in [-0.25, -0.2) is 0 Å². The third kappa shape index (κ3) is 3.35. The van der Waals surface area contributed by atoms with Gasteiger partial charge in [-0.15, -0.1) is 0 Å². The normalized spacial score (nSPS) is 19.9. The molecule has 2 rings (SSSR count). The molecule has 1 aromatic carbocycles. The van der Waals surface area contributed by atoms with E-state index < -0.39 is 0 Å². The molecule has 0 radical (unpaired) electrons. The summed E-state index contributed by atoms with van der Waals surface area (Å²) in [7, 11) is 2.03. The molecule has 0 saturated heterocycles. The lowest BCUT2D eigenvalue weighted by molar-refractivity contribution is 0.224. The molecular formula is C17H27N. The van der Waals surface area contributed by atoms with E-state index in [-0.39, 0.29) is 0 Å². The maximum Gasteiger partial charge on any atom is -0.00113 e. The minimum Gasteiger partial charge on any atom is -0.319 e. The molecule has 1 aromatic rings. The fourth-order valence-electron chi connectivity index (χ4n) is 3.13. The summed E-state index contributed by atoms with van der Waals surface area (Å²) in [5.41, 5.74) is 3.73. The lowest BCUT2D eigenvalue weighted by Crippen LogP contribution is -2.21. The van der Waals surface area contributed by atoms with Crippen LogP contribution >= 0.6 is 0 Å². The maximum atomic E-state index is 3.26. The monoisotopic (exact) mass is 245 g/mol. The summed E-state index contributed by atoms with van der Waals surface area (Å²) in [5.74, 6) is 0.797. The predicted octanol–water partition coefficient (Wildman–Crippen LogP) is 4.13. The Balaban J connectivity index is 2.08. The zero-order chi connectivity index (χ0) is 13.0. The lowest BCUT2D eigenvalue weighted by Gasteiger charge is -2.35. The molecule has 0 aromatic heterocycles. The van der Waals surface area contributed by atoms with Crippen molar-refractivity contribution in [3.8, 4) is 0 Å². The summed E-state index contributed by atoms with van der Waals surface area (Å²) in [6.07, 6.45) is 6.63. The van der Waals surface area contributed by atoms with Gasteiger partial charge in [0, 0.05) is 0 Å². The molecule has 1 saturated carbocycles. The highest BCUT2D eigenvalue weighted by atomic mass is 14.8. The van der Waals surface area contributed by atoms with E-state index >= 15 is 0 Å². The first-order valence-corrected chi connectivity index (χ1v) is 7.35. The van der Waals surface area contributed by atoms with Gasteiger partial charge in [0.2, 0.25) is 0 Å². The third-order valence-electron chi connectivity index (χ3n) is 4.48. The van der Waals surface area contributed by atoms with Crippen LogP contribution in [0.15, 0.2) is 24.3 Å². The topological polar surface area (TPSA) is 12.0 Å². The summed E-state index contributed by atoms with van der Waals surface area (Å²) in [6.45, 7) is 5.90. The van der Waals surface area contributed by atoms with Gasteiger partial charge < -0.3 is 5.32 Å². The average molecular weight is 245 g/mol. The van der Waals surface area contributed by atoms with Crippen LogP contribution in [0, 0.1) is 5.41 Å². The summed E-state index contributed by atoms with van der Waals surface area (Å²) in [6, 6.07) is 9.06. The molecule has 1 fully saturated rings. The van der Waals surface area contributed by atoms with E-state index in [2.05, 4.69) is 43.4 Å². The van der Waals surface area contributed by atoms with Gasteiger partial charge in [0.1, 0.15) is 0 Å². The Kier molecular flexibility index (Phi) is 4.45.